The van der Waals surface area contributed by atoms with Gasteiger partial charge in [-0.25, -0.2) is 4.79 Å². The molecule has 2 aromatic rings. The molecule has 0 saturated heterocycles. The molecule has 2 rings (SSSR count). The van der Waals surface area contributed by atoms with E-state index in [9.17, 15) is 19.5 Å². The molecule has 39 heavy (non-hydrogen) atoms. The minimum Gasteiger partial charge on any atom is -0.507 e. The number of thioether (sulfide) groups is 1. The van der Waals surface area contributed by atoms with Crippen LogP contribution in [0.1, 0.15) is 69.7 Å². The Balaban J connectivity index is 2.49. The van der Waals surface area contributed by atoms with Crippen LogP contribution in [0.3, 0.4) is 0 Å². The molecule has 2 atom stereocenters. The number of rotatable bonds is 13. The lowest BCUT2D eigenvalue weighted by molar-refractivity contribution is -0.142. The van der Waals surface area contributed by atoms with E-state index in [4.69, 9.17) is 4.74 Å². The summed E-state index contributed by atoms with van der Waals surface area (Å²) in [5.41, 5.74) is 1.12. The Labute approximate surface area is 236 Å². The molecule has 0 fully saturated rings. The van der Waals surface area contributed by atoms with Crippen LogP contribution in [-0.4, -0.2) is 58.1 Å². The molecule has 8 nitrogen and oxygen atoms in total. The number of aromatic hydroxyl groups is 1. The summed E-state index contributed by atoms with van der Waals surface area (Å²) in [5.74, 6) is -0.226. The van der Waals surface area contributed by atoms with Crippen LogP contribution in [0.5, 0.6) is 5.75 Å². The highest BCUT2D eigenvalue weighted by Crippen LogP contribution is 2.33. The number of phenolic OH excluding ortho intramolecular Hbond substituents is 1. The van der Waals surface area contributed by atoms with Crippen LogP contribution in [0, 0.1) is 6.92 Å². The second-order valence-corrected chi connectivity index (χ2v) is 11.5. The standard InChI is InChI=1S/C30H43N3O5S/c1-7-8-18-33(28(36)24(17-19-39-6)32-29(37)38-30(3,4)5)25(23-16-12-13-21(2)26(23)34)27(35)31-20-22-14-10-9-11-15-22/h9-16,24-25,34H,7-8,17-20H2,1-6H3,(H,31,35)(H,32,37). The van der Waals surface area contributed by atoms with Crippen molar-refractivity contribution in [1.82, 2.24) is 15.5 Å². The van der Waals surface area contributed by atoms with Gasteiger partial charge in [0.25, 0.3) is 0 Å². The fraction of sp³-hybridized carbons (Fsp3) is 0.500. The lowest BCUT2D eigenvalue weighted by Crippen LogP contribution is -2.53. The summed E-state index contributed by atoms with van der Waals surface area (Å²) in [6.07, 6.45) is 3.02. The maximum Gasteiger partial charge on any atom is 0.408 e. The van der Waals surface area contributed by atoms with Crippen LogP contribution < -0.4 is 10.6 Å². The molecule has 214 valence electrons. The van der Waals surface area contributed by atoms with Gasteiger partial charge in [-0.1, -0.05) is 61.9 Å². The van der Waals surface area contributed by atoms with Gasteiger partial charge in [-0.3, -0.25) is 9.59 Å². The van der Waals surface area contributed by atoms with Crippen LogP contribution in [0.2, 0.25) is 0 Å². The Morgan fingerprint density at radius 1 is 1.08 bits per heavy atom. The number of carbonyl (C=O) groups excluding carboxylic acids is 3. The maximum atomic E-state index is 14.1. The van der Waals surface area contributed by atoms with Crippen LogP contribution in [0.25, 0.3) is 0 Å². The second-order valence-electron chi connectivity index (χ2n) is 10.5. The van der Waals surface area contributed by atoms with Crippen molar-refractivity contribution in [2.24, 2.45) is 0 Å². The third-order valence-electron chi connectivity index (χ3n) is 6.07. The molecule has 0 heterocycles. The summed E-state index contributed by atoms with van der Waals surface area (Å²) in [4.78, 5) is 42.1. The quantitative estimate of drug-likeness (QED) is 0.307. The van der Waals surface area contributed by atoms with E-state index >= 15 is 0 Å². The van der Waals surface area contributed by atoms with E-state index in [1.165, 1.54) is 4.90 Å². The third-order valence-corrected chi connectivity index (χ3v) is 6.71. The van der Waals surface area contributed by atoms with Crippen LogP contribution in [0.4, 0.5) is 4.79 Å². The number of amides is 3. The fourth-order valence-corrected chi connectivity index (χ4v) is 4.54. The fourth-order valence-electron chi connectivity index (χ4n) is 4.07. The number of alkyl carbamates (subject to hydrolysis) is 1. The van der Waals surface area contributed by atoms with Crippen molar-refractivity contribution in [2.75, 3.05) is 18.6 Å². The number of aryl methyl sites for hydroxylation is 1. The molecule has 0 aliphatic carbocycles. The van der Waals surface area contributed by atoms with E-state index < -0.39 is 35.6 Å². The van der Waals surface area contributed by atoms with E-state index in [0.717, 1.165) is 12.0 Å². The number of benzene rings is 2. The number of carbonyl (C=O) groups is 3. The predicted molar refractivity (Wildman–Crippen MR) is 157 cm³/mol. The third kappa shape index (κ3) is 10.1. The highest BCUT2D eigenvalue weighted by atomic mass is 32.2. The Kier molecular flexibility index (Phi) is 12.6. The topological polar surface area (TPSA) is 108 Å². The minimum atomic E-state index is -1.09. The number of unbranched alkanes of at least 4 members (excludes halogenated alkanes) is 1. The van der Waals surface area contributed by atoms with Crippen LogP contribution >= 0.6 is 11.8 Å². The molecule has 9 heteroatoms. The highest BCUT2D eigenvalue weighted by Gasteiger charge is 2.37. The largest absolute Gasteiger partial charge is 0.507 e. The monoisotopic (exact) mass is 557 g/mol. The molecule has 2 unspecified atom stereocenters. The number of nitrogens with one attached hydrogen (secondary N) is 2. The van der Waals surface area contributed by atoms with Gasteiger partial charge in [-0.2, -0.15) is 11.8 Å². The molecule has 0 aromatic heterocycles. The zero-order valence-electron chi connectivity index (χ0n) is 24.0. The average molecular weight is 558 g/mol. The summed E-state index contributed by atoms with van der Waals surface area (Å²) in [7, 11) is 0. The van der Waals surface area contributed by atoms with E-state index in [1.54, 1.807) is 57.7 Å². The van der Waals surface area contributed by atoms with E-state index in [1.807, 2.05) is 43.5 Å². The average Bonchev–Trinajstić information content (AvgIpc) is 2.88. The molecule has 0 radical (unpaired) electrons. The van der Waals surface area contributed by atoms with E-state index in [-0.39, 0.29) is 18.8 Å². The number of hydrogen-bond acceptors (Lipinski definition) is 6. The second kappa shape index (κ2) is 15.4. The van der Waals surface area contributed by atoms with Gasteiger partial charge in [0, 0.05) is 18.7 Å². The first-order chi connectivity index (χ1) is 18.5. The molecule has 0 aliphatic heterocycles. The van der Waals surface area contributed by atoms with Crippen molar-refractivity contribution in [3.8, 4) is 5.75 Å². The number of ether oxygens (including phenoxy) is 1. The van der Waals surface area contributed by atoms with Crippen molar-refractivity contribution in [1.29, 1.82) is 0 Å². The lowest BCUT2D eigenvalue weighted by atomic mass is 9.98. The molecule has 3 N–H and O–H groups in total. The van der Waals surface area contributed by atoms with Gasteiger partial charge in [0.1, 0.15) is 23.4 Å². The zero-order valence-corrected chi connectivity index (χ0v) is 24.8. The Morgan fingerprint density at radius 2 is 1.77 bits per heavy atom. The van der Waals surface area contributed by atoms with Gasteiger partial charge in [0.15, 0.2) is 0 Å². The van der Waals surface area contributed by atoms with Crippen molar-refractivity contribution in [2.45, 2.75) is 78.1 Å². The molecule has 2 aromatic carbocycles. The predicted octanol–water partition coefficient (Wildman–Crippen LogP) is 5.33. The van der Waals surface area contributed by atoms with Crippen molar-refractivity contribution >= 4 is 29.7 Å². The van der Waals surface area contributed by atoms with Crippen LogP contribution in [0.15, 0.2) is 48.5 Å². The van der Waals surface area contributed by atoms with E-state index in [2.05, 4.69) is 10.6 Å². The first-order valence-corrected chi connectivity index (χ1v) is 14.8. The van der Waals surface area contributed by atoms with Gasteiger partial charge in [0.05, 0.1) is 0 Å². The summed E-state index contributed by atoms with van der Waals surface area (Å²) >= 11 is 1.56. The van der Waals surface area contributed by atoms with Crippen molar-refractivity contribution in [3.63, 3.8) is 0 Å². The first-order valence-electron chi connectivity index (χ1n) is 13.4. The Hall–Kier alpha value is -3.20. The number of hydrogen-bond donors (Lipinski definition) is 3. The molecule has 0 bridgehead atoms. The normalized spacial score (nSPS) is 12.8. The minimum absolute atomic E-state index is 0.0348. The molecular formula is C30H43N3O5S. The van der Waals surface area contributed by atoms with Gasteiger partial charge >= 0.3 is 6.09 Å². The smallest absolute Gasteiger partial charge is 0.408 e. The number of para-hydroxylation sites is 1. The Bertz CT molecular complexity index is 1090. The lowest BCUT2D eigenvalue weighted by Gasteiger charge is -2.35. The summed E-state index contributed by atoms with van der Waals surface area (Å²) in [6.45, 7) is 9.57. The van der Waals surface area contributed by atoms with Gasteiger partial charge in [0.2, 0.25) is 11.8 Å². The van der Waals surface area contributed by atoms with E-state index in [0.29, 0.717) is 29.7 Å². The molecule has 3 amide bonds. The summed E-state index contributed by atoms with van der Waals surface area (Å²) in [6, 6.07) is 12.7. The summed E-state index contributed by atoms with van der Waals surface area (Å²) < 4.78 is 5.43. The molecule has 0 aliphatic rings. The van der Waals surface area contributed by atoms with Crippen molar-refractivity contribution in [3.05, 3.63) is 65.2 Å². The first kappa shape index (κ1) is 32.0. The molecule has 0 saturated carbocycles. The van der Waals surface area contributed by atoms with Gasteiger partial charge in [-0.05, 0) is 63.7 Å². The SMILES string of the molecule is CCCCN(C(=O)C(CCSC)NC(=O)OC(C)(C)C)C(C(=O)NCc1ccccc1)c1cccc(C)c1O. The van der Waals surface area contributed by atoms with Gasteiger partial charge in [-0.15, -0.1) is 0 Å². The van der Waals surface area contributed by atoms with Gasteiger partial charge < -0.3 is 25.4 Å². The van der Waals surface area contributed by atoms with Crippen LogP contribution in [-0.2, 0) is 20.9 Å². The highest BCUT2D eigenvalue weighted by molar-refractivity contribution is 7.98. The number of nitrogens with zero attached hydrogens (tertiary/aromatic N) is 1. The molecule has 0 spiro atoms. The Morgan fingerprint density at radius 3 is 2.38 bits per heavy atom. The molecular weight excluding hydrogens is 514 g/mol. The maximum absolute atomic E-state index is 14.1. The van der Waals surface area contributed by atoms with Crippen molar-refractivity contribution < 1.29 is 24.2 Å². The number of phenols is 1. The summed E-state index contributed by atoms with van der Waals surface area (Å²) in [5, 5.41) is 16.7. The zero-order chi connectivity index (χ0) is 29.0.